The molecule has 0 saturated heterocycles. The van der Waals surface area contributed by atoms with E-state index in [1.54, 1.807) is 6.92 Å². The molecule has 0 aliphatic rings. The van der Waals surface area contributed by atoms with Gasteiger partial charge in [0.2, 0.25) is 5.78 Å². The van der Waals surface area contributed by atoms with Crippen LogP contribution in [0.5, 0.6) is 0 Å². The Morgan fingerprint density at radius 3 is 2.20 bits per heavy atom. The van der Waals surface area contributed by atoms with E-state index in [-0.39, 0.29) is 6.61 Å². The van der Waals surface area contributed by atoms with Crippen molar-refractivity contribution in [3.8, 4) is 0 Å². The van der Waals surface area contributed by atoms with Crippen LogP contribution in [0, 0.1) is 0 Å². The van der Waals surface area contributed by atoms with Crippen LogP contribution >= 0.6 is 34.8 Å². The molecule has 0 atom stereocenters. The quantitative estimate of drug-likeness (QED) is 0.367. The van der Waals surface area contributed by atoms with Gasteiger partial charge >= 0.3 is 5.97 Å². The third kappa shape index (κ3) is 4.11. The van der Waals surface area contributed by atoms with Crippen LogP contribution in [0.3, 0.4) is 0 Å². The zero-order chi connectivity index (χ0) is 12.0. The van der Waals surface area contributed by atoms with Crippen LogP contribution in [0.1, 0.15) is 6.92 Å². The number of Topliss-reactive ketones (excluding diaryl/α,β-unsaturated/α-hetero) is 1. The van der Waals surface area contributed by atoms with Crippen LogP contribution in [0.25, 0.3) is 0 Å². The van der Waals surface area contributed by atoms with Crippen molar-refractivity contribution in [2.45, 2.75) is 6.92 Å². The molecule has 0 saturated carbocycles. The van der Waals surface area contributed by atoms with Crippen LogP contribution in [0.4, 0.5) is 0 Å². The Balaban J connectivity index is 4.96. The molecule has 0 aromatic heterocycles. The number of esters is 1. The maximum Gasteiger partial charge on any atom is 0.343 e. The van der Waals surface area contributed by atoms with Crippen LogP contribution in [0.15, 0.2) is 21.3 Å². The first kappa shape index (κ1) is 14.3. The van der Waals surface area contributed by atoms with Crippen molar-refractivity contribution < 1.29 is 14.3 Å². The molecular formula is C8H8Cl3NO3. The lowest BCUT2D eigenvalue weighted by atomic mass is 10.2. The van der Waals surface area contributed by atoms with Gasteiger partial charge in [-0.3, -0.25) is 4.79 Å². The van der Waals surface area contributed by atoms with Gasteiger partial charge in [-0.2, -0.15) is 0 Å². The summed E-state index contributed by atoms with van der Waals surface area (Å²) in [6.45, 7) is 1.70. The van der Waals surface area contributed by atoms with Crippen molar-refractivity contribution >= 4 is 46.6 Å². The van der Waals surface area contributed by atoms with Crippen molar-refractivity contribution in [3.63, 3.8) is 0 Å². The van der Waals surface area contributed by atoms with Crippen molar-refractivity contribution in [2.24, 2.45) is 5.73 Å². The van der Waals surface area contributed by atoms with E-state index in [0.29, 0.717) is 0 Å². The number of hydrogen-bond acceptors (Lipinski definition) is 4. The van der Waals surface area contributed by atoms with Gasteiger partial charge in [0.15, 0.2) is 0 Å². The fourth-order valence-corrected chi connectivity index (χ4v) is 0.923. The Bertz CT molecular complexity index is 332. The zero-order valence-corrected chi connectivity index (χ0v) is 9.99. The summed E-state index contributed by atoms with van der Waals surface area (Å²) in [6.07, 6.45) is 0.791. The molecule has 15 heavy (non-hydrogen) atoms. The molecule has 0 heterocycles. The Hall–Kier alpha value is -0.710. The largest absolute Gasteiger partial charge is 0.462 e. The lowest BCUT2D eigenvalue weighted by molar-refractivity contribution is -0.139. The standard InChI is InChI=1S/C8H8Cl3NO3/c1-2-15-8(14)4(3-12)6(13)5(9)7(10)11/h3H,2,12H2,1H3. The fourth-order valence-electron chi connectivity index (χ4n) is 0.649. The smallest absolute Gasteiger partial charge is 0.343 e. The molecule has 0 radical (unpaired) electrons. The lowest BCUT2D eigenvalue weighted by Gasteiger charge is -2.04. The number of ether oxygens (including phenoxy) is 1. The van der Waals surface area contributed by atoms with E-state index >= 15 is 0 Å². The van der Waals surface area contributed by atoms with Gasteiger partial charge in [-0.15, -0.1) is 0 Å². The van der Waals surface area contributed by atoms with Crippen LogP contribution in [-0.4, -0.2) is 18.4 Å². The molecule has 0 rings (SSSR count). The fraction of sp³-hybridized carbons (Fsp3) is 0.250. The normalized spacial score (nSPS) is 10.8. The first-order valence-corrected chi connectivity index (χ1v) is 4.93. The van der Waals surface area contributed by atoms with Crippen molar-refractivity contribution in [2.75, 3.05) is 6.61 Å². The highest BCUT2D eigenvalue weighted by molar-refractivity contribution is 6.64. The summed E-state index contributed by atoms with van der Waals surface area (Å²) >= 11 is 16.0. The van der Waals surface area contributed by atoms with Gasteiger partial charge in [0, 0.05) is 6.20 Å². The lowest BCUT2D eigenvalue weighted by Crippen LogP contribution is -2.17. The molecule has 2 N–H and O–H groups in total. The number of halogens is 3. The van der Waals surface area contributed by atoms with Gasteiger partial charge in [0.1, 0.15) is 15.1 Å². The van der Waals surface area contributed by atoms with E-state index in [1.165, 1.54) is 0 Å². The van der Waals surface area contributed by atoms with E-state index in [4.69, 9.17) is 40.5 Å². The van der Waals surface area contributed by atoms with E-state index in [9.17, 15) is 9.59 Å². The van der Waals surface area contributed by atoms with E-state index in [1.807, 2.05) is 0 Å². The molecule has 0 aromatic rings. The molecule has 0 fully saturated rings. The third-order valence-corrected chi connectivity index (χ3v) is 2.20. The molecule has 0 aromatic carbocycles. The molecule has 0 aliphatic carbocycles. The predicted molar refractivity (Wildman–Crippen MR) is 58.5 cm³/mol. The van der Waals surface area contributed by atoms with Gasteiger partial charge in [0.05, 0.1) is 6.61 Å². The Kier molecular flexibility index (Phi) is 6.40. The molecule has 0 spiro atoms. The minimum Gasteiger partial charge on any atom is -0.462 e. The van der Waals surface area contributed by atoms with Crippen LogP contribution in [0.2, 0.25) is 0 Å². The summed E-state index contributed by atoms with van der Waals surface area (Å²) in [5.41, 5.74) is 4.68. The summed E-state index contributed by atoms with van der Waals surface area (Å²) in [4.78, 5) is 22.6. The Morgan fingerprint density at radius 2 is 1.87 bits per heavy atom. The van der Waals surface area contributed by atoms with Gasteiger partial charge in [-0.1, -0.05) is 34.8 Å². The summed E-state index contributed by atoms with van der Waals surface area (Å²) < 4.78 is 4.13. The number of ketones is 1. The van der Waals surface area contributed by atoms with Gasteiger partial charge in [0.25, 0.3) is 0 Å². The zero-order valence-electron chi connectivity index (χ0n) is 7.72. The average Bonchev–Trinajstić information content (AvgIpc) is 2.17. The van der Waals surface area contributed by atoms with Gasteiger partial charge in [-0.25, -0.2) is 4.79 Å². The SMILES string of the molecule is CCOC(=O)C(=CN)C(=O)C(Cl)=C(Cl)Cl. The van der Waals surface area contributed by atoms with Crippen molar-refractivity contribution in [1.82, 2.24) is 0 Å². The first-order valence-electron chi connectivity index (χ1n) is 3.80. The summed E-state index contributed by atoms with van der Waals surface area (Å²) in [6, 6.07) is 0. The second-order valence-corrected chi connectivity index (χ2v) is 3.53. The number of allylic oxidation sites excluding steroid dienone is 1. The predicted octanol–water partition coefficient (Wildman–Crippen LogP) is 1.85. The first-order chi connectivity index (χ1) is 6.95. The number of rotatable bonds is 4. The third-order valence-electron chi connectivity index (χ3n) is 1.27. The second kappa shape index (κ2) is 6.71. The van der Waals surface area contributed by atoms with E-state index in [0.717, 1.165) is 6.20 Å². The molecule has 7 heteroatoms. The van der Waals surface area contributed by atoms with Gasteiger partial charge in [-0.05, 0) is 6.92 Å². The number of nitrogens with two attached hydrogens (primary N) is 1. The Labute approximate surface area is 102 Å². The molecule has 0 unspecified atom stereocenters. The van der Waals surface area contributed by atoms with E-state index < -0.39 is 26.8 Å². The molecule has 4 nitrogen and oxygen atoms in total. The minimum absolute atomic E-state index is 0.111. The highest BCUT2D eigenvalue weighted by Crippen LogP contribution is 2.21. The van der Waals surface area contributed by atoms with E-state index in [2.05, 4.69) is 4.74 Å². The average molecular weight is 273 g/mol. The highest BCUT2D eigenvalue weighted by Gasteiger charge is 2.23. The maximum atomic E-state index is 11.4. The van der Waals surface area contributed by atoms with Crippen LogP contribution < -0.4 is 5.73 Å². The molecular weight excluding hydrogens is 264 g/mol. The number of hydrogen-bond donors (Lipinski definition) is 1. The summed E-state index contributed by atoms with van der Waals surface area (Å²) in [5.74, 6) is -1.75. The second-order valence-electron chi connectivity index (χ2n) is 2.20. The topological polar surface area (TPSA) is 69.4 Å². The maximum absolute atomic E-state index is 11.4. The Morgan fingerprint density at radius 1 is 1.33 bits per heavy atom. The minimum atomic E-state index is -0.877. The number of carbonyl (C=O) groups excluding carboxylic acids is 2. The van der Waals surface area contributed by atoms with Crippen LogP contribution in [-0.2, 0) is 14.3 Å². The van der Waals surface area contributed by atoms with Crippen molar-refractivity contribution in [1.29, 1.82) is 0 Å². The number of carbonyl (C=O) groups is 2. The molecule has 0 aliphatic heterocycles. The highest BCUT2D eigenvalue weighted by atomic mass is 35.5. The summed E-state index contributed by atoms with van der Waals surface area (Å²) in [5, 5.41) is -0.483. The monoisotopic (exact) mass is 271 g/mol. The van der Waals surface area contributed by atoms with Crippen molar-refractivity contribution in [3.05, 3.63) is 21.3 Å². The summed E-state index contributed by atoms with van der Waals surface area (Å²) in [7, 11) is 0. The molecule has 0 amide bonds. The molecule has 0 bridgehead atoms. The molecule has 84 valence electrons. The van der Waals surface area contributed by atoms with Gasteiger partial charge < -0.3 is 10.5 Å².